The monoisotopic (exact) mass is 123 g/mol. The van der Waals surface area contributed by atoms with E-state index in [9.17, 15) is 0 Å². The van der Waals surface area contributed by atoms with Crippen LogP contribution in [-0.2, 0) is 0 Å². The van der Waals surface area contributed by atoms with E-state index in [1.807, 2.05) is 0 Å². The molecular formula is C9H15. The lowest BCUT2D eigenvalue weighted by Gasteiger charge is -2.01. The standard InChI is InChI=1S/C9H15/c1-2-3-6-9-7-4-5-8-9/h2-4,9H,5-8H2,1H3. The second-order valence-corrected chi connectivity index (χ2v) is 2.77. The highest BCUT2D eigenvalue weighted by Crippen LogP contribution is 2.26. The fourth-order valence-electron chi connectivity index (χ4n) is 1.37. The van der Waals surface area contributed by atoms with Crippen LogP contribution in [0, 0.1) is 12.3 Å². The summed E-state index contributed by atoms with van der Waals surface area (Å²) in [6.07, 6.45) is 12.3. The summed E-state index contributed by atoms with van der Waals surface area (Å²) in [6.45, 7) is 2.10. The van der Waals surface area contributed by atoms with Gasteiger partial charge in [0.05, 0.1) is 0 Å². The highest BCUT2D eigenvalue weighted by molar-refractivity contribution is 4.87. The summed E-state index contributed by atoms with van der Waals surface area (Å²) in [6, 6.07) is 0. The molecule has 0 heterocycles. The maximum atomic E-state index is 2.41. The second kappa shape index (κ2) is 3.71. The third-order valence-corrected chi connectivity index (χ3v) is 1.98. The van der Waals surface area contributed by atoms with Gasteiger partial charge in [-0.25, -0.2) is 0 Å². The number of hydrogen-bond acceptors (Lipinski definition) is 0. The van der Waals surface area contributed by atoms with Crippen LogP contribution in [0.15, 0.2) is 12.2 Å². The van der Waals surface area contributed by atoms with E-state index >= 15 is 0 Å². The average Bonchev–Trinajstić information content (AvgIpc) is 2.34. The first-order valence-electron chi connectivity index (χ1n) is 3.86. The lowest BCUT2D eigenvalue weighted by Crippen LogP contribution is -1.88. The van der Waals surface area contributed by atoms with Gasteiger partial charge in [0.1, 0.15) is 0 Å². The van der Waals surface area contributed by atoms with Crippen molar-refractivity contribution in [3.63, 3.8) is 0 Å². The summed E-state index contributed by atoms with van der Waals surface area (Å²) >= 11 is 0. The first-order valence-corrected chi connectivity index (χ1v) is 3.86. The van der Waals surface area contributed by atoms with Gasteiger partial charge in [-0.2, -0.15) is 0 Å². The van der Waals surface area contributed by atoms with Gasteiger partial charge in [0.2, 0.25) is 0 Å². The molecule has 0 N–H and O–H groups in total. The van der Waals surface area contributed by atoms with Crippen LogP contribution in [0.2, 0.25) is 0 Å². The molecule has 1 unspecified atom stereocenters. The summed E-state index contributed by atoms with van der Waals surface area (Å²) in [4.78, 5) is 0. The molecule has 0 aromatic carbocycles. The predicted molar refractivity (Wildman–Crippen MR) is 41.1 cm³/mol. The molecule has 0 heteroatoms. The molecule has 9 heavy (non-hydrogen) atoms. The predicted octanol–water partition coefficient (Wildman–Crippen LogP) is 2.96. The third kappa shape index (κ3) is 2.21. The Labute approximate surface area is 58.0 Å². The van der Waals surface area contributed by atoms with E-state index in [1.165, 1.54) is 25.7 Å². The number of rotatable bonds is 2. The minimum Gasteiger partial charge on any atom is -0.0917 e. The van der Waals surface area contributed by atoms with Gasteiger partial charge in [0, 0.05) is 0 Å². The van der Waals surface area contributed by atoms with Gasteiger partial charge < -0.3 is 0 Å². The summed E-state index contributed by atoms with van der Waals surface area (Å²) in [7, 11) is 0. The number of hydrogen-bond donors (Lipinski definition) is 0. The molecule has 0 saturated heterocycles. The Hall–Kier alpha value is -0.260. The van der Waals surface area contributed by atoms with Crippen LogP contribution >= 0.6 is 0 Å². The maximum absolute atomic E-state index is 2.41. The van der Waals surface area contributed by atoms with Crippen LogP contribution in [0.5, 0.6) is 0 Å². The molecule has 1 atom stereocenters. The Bertz CT molecular complexity index is 86.2. The molecule has 0 aromatic rings. The van der Waals surface area contributed by atoms with E-state index in [1.54, 1.807) is 0 Å². The van der Waals surface area contributed by atoms with Gasteiger partial charge in [0.15, 0.2) is 0 Å². The Morgan fingerprint density at radius 3 is 3.11 bits per heavy atom. The molecule has 0 aliphatic heterocycles. The van der Waals surface area contributed by atoms with E-state index in [-0.39, 0.29) is 0 Å². The van der Waals surface area contributed by atoms with Gasteiger partial charge in [-0.1, -0.05) is 12.2 Å². The van der Waals surface area contributed by atoms with Crippen LogP contribution in [0.1, 0.15) is 32.6 Å². The van der Waals surface area contributed by atoms with Crippen molar-refractivity contribution in [2.75, 3.05) is 0 Å². The molecule has 1 aliphatic carbocycles. The van der Waals surface area contributed by atoms with Crippen LogP contribution in [0.4, 0.5) is 0 Å². The first-order chi connectivity index (χ1) is 4.43. The van der Waals surface area contributed by atoms with Gasteiger partial charge in [-0.3, -0.25) is 0 Å². The summed E-state index contributed by atoms with van der Waals surface area (Å²) < 4.78 is 0. The lowest BCUT2D eigenvalue weighted by molar-refractivity contribution is 0.565. The summed E-state index contributed by atoms with van der Waals surface area (Å²) in [5.41, 5.74) is 0. The zero-order valence-corrected chi connectivity index (χ0v) is 6.14. The van der Waals surface area contributed by atoms with Crippen molar-refractivity contribution < 1.29 is 0 Å². The van der Waals surface area contributed by atoms with Crippen LogP contribution in [0.25, 0.3) is 0 Å². The average molecular weight is 123 g/mol. The quantitative estimate of drug-likeness (QED) is 0.495. The molecule has 0 spiro atoms. The van der Waals surface area contributed by atoms with E-state index in [2.05, 4.69) is 25.5 Å². The number of allylic oxidation sites excluding steroid dienone is 2. The van der Waals surface area contributed by atoms with Gasteiger partial charge in [-0.15, -0.1) is 0 Å². The topological polar surface area (TPSA) is 0 Å². The fourth-order valence-corrected chi connectivity index (χ4v) is 1.37. The van der Waals surface area contributed by atoms with Crippen molar-refractivity contribution in [2.24, 2.45) is 5.92 Å². The molecule has 1 radical (unpaired) electrons. The Morgan fingerprint density at radius 1 is 1.67 bits per heavy atom. The van der Waals surface area contributed by atoms with Crippen molar-refractivity contribution >= 4 is 0 Å². The normalized spacial score (nSPS) is 21.9. The molecule has 0 bridgehead atoms. The van der Waals surface area contributed by atoms with E-state index in [4.69, 9.17) is 0 Å². The Balaban J connectivity index is 2.11. The Kier molecular flexibility index (Phi) is 2.82. The molecule has 0 nitrogen and oxygen atoms in total. The molecular weight excluding hydrogens is 108 g/mol. The van der Waals surface area contributed by atoms with Crippen molar-refractivity contribution in [1.82, 2.24) is 0 Å². The largest absolute Gasteiger partial charge is 0.0917 e. The van der Waals surface area contributed by atoms with E-state index < -0.39 is 0 Å². The summed E-state index contributed by atoms with van der Waals surface area (Å²) in [5, 5.41) is 0. The zero-order chi connectivity index (χ0) is 6.53. The molecule has 0 amide bonds. The third-order valence-electron chi connectivity index (χ3n) is 1.98. The van der Waals surface area contributed by atoms with Crippen LogP contribution < -0.4 is 0 Å². The molecule has 1 saturated carbocycles. The van der Waals surface area contributed by atoms with E-state index in [0.29, 0.717) is 0 Å². The SMILES string of the molecule is CC=CCC1C[CH]CC1. The van der Waals surface area contributed by atoms with Crippen LogP contribution in [0.3, 0.4) is 0 Å². The van der Waals surface area contributed by atoms with Gasteiger partial charge in [-0.05, 0) is 44.9 Å². The first kappa shape index (κ1) is 6.85. The van der Waals surface area contributed by atoms with Crippen molar-refractivity contribution in [1.29, 1.82) is 0 Å². The summed E-state index contributed by atoms with van der Waals surface area (Å²) in [5.74, 6) is 0.973. The molecule has 1 aliphatic rings. The highest BCUT2D eigenvalue weighted by atomic mass is 14.2. The lowest BCUT2D eigenvalue weighted by atomic mass is 10.0. The van der Waals surface area contributed by atoms with Gasteiger partial charge in [0.25, 0.3) is 0 Å². The molecule has 1 fully saturated rings. The Morgan fingerprint density at radius 2 is 2.56 bits per heavy atom. The minimum absolute atomic E-state index is 0.973. The van der Waals surface area contributed by atoms with Crippen LogP contribution in [-0.4, -0.2) is 0 Å². The van der Waals surface area contributed by atoms with Crippen molar-refractivity contribution in [3.05, 3.63) is 18.6 Å². The fraction of sp³-hybridized carbons (Fsp3) is 0.667. The van der Waals surface area contributed by atoms with Crippen molar-refractivity contribution in [3.8, 4) is 0 Å². The molecule has 51 valence electrons. The smallest absolute Gasteiger partial charge is 0.0322 e. The minimum atomic E-state index is 0.973. The van der Waals surface area contributed by atoms with Gasteiger partial charge >= 0.3 is 0 Å². The highest BCUT2D eigenvalue weighted by Gasteiger charge is 2.12. The van der Waals surface area contributed by atoms with Crippen molar-refractivity contribution in [2.45, 2.75) is 32.6 Å². The van der Waals surface area contributed by atoms with E-state index in [0.717, 1.165) is 5.92 Å². The maximum Gasteiger partial charge on any atom is -0.0322 e. The molecule has 0 aromatic heterocycles. The second-order valence-electron chi connectivity index (χ2n) is 2.77. The zero-order valence-electron chi connectivity index (χ0n) is 6.14. The molecule has 1 rings (SSSR count).